The van der Waals surface area contributed by atoms with Crippen molar-refractivity contribution in [2.24, 2.45) is 5.73 Å². The first-order valence-corrected chi connectivity index (χ1v) is 5.12. The van der Waals surface area contributed by atoms with Crippen LogP contribution in [-0.4, -0.2) is 21.7 Å². The van der Waals surface area contributed by atoms with Gasteiger partial charge in [-0.1, -0.05) is 11.3 Å². The fraction of sp³-hybridized carbons (Fsp3) is 0.222. The highest BCUT2D eigenvalue weighted by molar-refractivity contribution is 7.16. The molecule has 5 N–H and O–H groups in total. The number of aliphatic hydroxyl groups is 1. The Balaban J connectivity index is 2.62. The molecule has 0 amide bonds. The first kappa shape index (κ1) is 8.90. The van der Waals surface area contributed by atoms with Gasteiger partial charge in [0.2, 0.25) is 0 Å². The first-order valence-electron chi connectivity index (χ1n) is 4.80. The molecular formula is C9H10N2O3S. The Morgan fingerprint density at radius 3 is 3.20 bits per heavy atom. The molecule has 80 valence electrons. The van der Waals surface area contributed by atoms with Crippen molar-refractivity contribution in [1.82, 2.24) is 4.98 Å². The van der Waals surface area contributed by atoms with E-state index < -0.39 is 6.10 Å². The number of benzene rings is 1. The number of hydrogen-bond donors (Lipinski definition) is 4. The normalized spacial score (nSPS) is 14.1. The maximum absolute atomic E-state index is 11.2. The number of rotatable bonds is 3. The molecule has 1 heterocycles. The highest BCUT2D eigenvalue weighted by Crippen LogP contribution is 2.29. The monoisotopic (exact) mass is 228 g/mol. The molecule has 2 aromatic rings. The first-order chi connectivity index (χ1) is 7.61. The number of phenols is 1. The lowest BCUT2D eigenvalue weighted by molar-refractivity contribution is 0.188. The second-order valence-corrected chi connectivity index (χ2v) is 4.13. The number of H-pyrrole nitrogens is 1. The standard InChI is InChI=1S/C9H10N2O3S/c10-3-7(13)5-1-4(12)2-6-8(5)15-9(14)11-6/h1-2,7,12-13H,3,10H2,(H,11,14)/i/hT. The van der Waals surface area contributed by atoms with Gasteiger partial charge in [0, 0.05) is 18.2 Å². The number of fused-ring (bicyclic) bond motifs is 1. The van der Waals surface area contributed by atoms with E-state index in [1.165, 1.54) is 12.1 Å². The van der Waals surface area contributed by atoms with E-state index in [9.17, 15) is 15.0 Å². The Kier molecular flexibility index (Phi) is 2.17. The topological polar surface area (TPSA) is 99.3 Å². The Labute approximate surface area is 90.3 Å². The van der Waals surface area contributed by atoms with E-state index in [0.717, 1.165) is 11.3 Å². The van der Waals surface area contributed by atoms with Crippen molar-refractivity contribution in [2.75, 3.05) is 6.54 Å². The largest absolute Gasteiger partial charge is 0.508 e. The number of aromatic nitrogens is 1. The predicted molar refractivity (Wildman–Crippen MR) is 58.1 cm³/mol. The van der Waals surface area contributed by atoms with Crippen LogP contribution in [0.1, 0.15) is 11.7 Å². The quantitative estimate of drug-likeness (QED) is 0.606. The van der Waals surface area contributed by atoms with E-state index in [1.807, 2.05) is 0 Å². The van der Waals surface area contributed by atoms with Gasteiger partial charge in [0.25, 0.3) is 0 Å². The molecule has 5 nitrogen and oxygen atoms in total. The lowest BCUT2D eigenvalue weighted by atomic mass is 10.1. The lowest BCUT2D eigenvalue weighted by Gasteiger charge is -2.09. The van der Waals surface area contributed by atoms with E-state index in [4.69, 9.17) is 1.41 Å². The van der Waals surface area contributed by atoms with Crippen LogP contribution in [0, 0.1) is 0 Å². The van der Waals surface area contributed by atoms with E-state index >= 15 is 0 Å². The second kappa shape index (κ2) is 3.65. The third kappa shape index (κ3) is 1.74. The zero-order valence-corrected chi connectivity index (χ0v) is 8.47. The highest BCUT2D eigenvalue weighted by atomic mass is 32.1. The minimum absolute atomic E-state index is 0.0272. The molecule has 0 aliphatic rings. The molecule has 0 radical (unpaired) electrons. The van der Waals surface area contributed by atoms with Crippen LogP contribution >= 0.6 is 11.3 Å². The van der Waals surface area contributed by atoms with E-state index in [-0.39, 0.29) is 17.2 Å². The van der Waals surface area contributed by atoms with Crippen molar-refractivity contribution in [2.45, 2.75) is 6.10 Å². The van der Waals surface area contributed by atoms with Crippen LogP contribution in [0.2, 0.25) is 1.41 Å². The van der Waals surface area contributed by atoms with Crippen molar-refractivity contribution in [3.05, 3.63) is 27.4 Å². The Bertz CT molecular complexity index is 565. The van der Waals surface area contributed by atoms with Crippen molar-refractivity contribution < 1.29 is 11.6 Å². The zero-order chi connectivity index (χ0) is 11.7. The Morgan fingerprint density at radius 1 is 1.67 bits per heavy atom. The van der Waals surface area contributed by atoms with Gasteiger partial charge in [-0.3, -0.25) is 4.79 Å². The summed E-state index contributed by atoms with van der Waals surface area (Å²) in [4.78, 5) is 13.5. The number of aromatic amines is 1. The number of phenolic OH excluding ortho intramolecular Hbond substituents is 1. The van der Waals surface area contributed by atoms with Crippen molar-refractivity contribution in [3.63, 3.8) is 0 Å². The summed E-state index contributed by atoms with van der Waals surface area (Å²) in [5.41, 5.74) is 3.03. The average Bonchev–Trinajstić information content (AvgIpc) is 2.57. The van der Waals surface area contributed by atoms with Gasteiger partial charge < -0.3 is 20.9 Å². The summed E-state index contributed by atoms with van der Waals surface area (Å²) in [5, 5.41) is 19.2. The van der Waals surface area contributed by atoms with Gasteiger partial charge in [-0.2, -0.15) is 0 Å². The summed E-state index contributed by atoms with van der Waals surface area (Å²) in [6.07, 6.45) is -0.932. The van der Waals surface area contributed by atoms with Crippen LogP contribution in [0.15, 0.2) is 16.9 Å². The van der Waals surface area contributed by atoms with Crippen LogP contribution < -0.4 is 10.6 Å². The van der Waals surface area contributed by atoms with Crippen LogP contribution in [0.5, 0.6) is 5.75 Å². The predicted octanol–water partition coefficient (Wildman–Crippen LogP) is 0.287. The number of aliphatic hydroxyl groups excluding tert-OH is 1. The van der Waals surface area contributed by atoms with Crippen molar-refractivity contribution in [3.8, 4) is 5.75 Å². The molecule has 0 aliphatic heterocycles. The van der Waals surface area contributed by atoms with Crippen molar-refractivity contribution >= 4 is 21.6 Å². The summed E-state index contributed by atoms with van der Waals surface area (Å²) >= 11 is 0.970. The van der Waals surface area contributed by atoms with Crippen LogP contribution in [0.3, 0.4) is 0 Å². The molecule has 1 atom stereocenters. The number of nitrogens with one attached hydrogen (secondary N) is 1. The fourth-order valence-electron chi connectivity index (χ4n) is 1.43. The summed E-state index contributed by atoms with van der Waals surface area (Å²) < 4.78 is 7.41. The average molecular weight is 228 g/mol. The van der Waals surface area contributed by atoms with Gasteiger partial charge in [-0.25, -0.2) is 0 Å². The lowest BCUT2D eigenvalue weighted by Crippen LogP contribution is -2.11. The van der Waals surface area contributed by atoms with Crippen molar-refractivity contribution in [1.29, 1.82) is 0 Å². The fourth-order valence-corrected chi connectivity index (χ4v) is 2.31. The van der Waals surface area contributed by atoms with E-state index in [1.54, 1.807) is 0 Å². The van der Waals surface area contributed by atoms with E-state index in [0.29, 0.717) is 15.8 Å². The maximum Gasteiger partial charge on any atom is 0.305 e. The van der Waals surface area contributed by atoms with Gasteiger partial charge in [-0.05, 0) is 6.07 Å². The second-order valence-electron chi connectivity index (χ2n) is 3.15. The molecule has 0 saturated heterocycles. The molecule has 2 rings (SSSR count). The summed E-state index contributed by atoms with van der Waals surface area (Å²) in [7, 11) is 0. The smallest absolute Gasteiger partial charge is 0.305 e. The molecule has 1 aromatic heterocycles. The molecule has 6 heteroatoms. The maximum atomic E-state index is 11.2. The van der Waals surface area contributed by atoms with Crippen LogP contribution in [-0.2, 0) is 0 Å². The molecule has 0 fully saturated rings. The van der Waals surface area contributed by atoms with Crippen LogP contribution in [0.4, 0.5) is 0 Å². The molecule has 15 heavy (non-hydrogen) atoms. The Hall–Kier alpha value is -1.37. The number of hydrogen-bond acceptors (Lipinski definition) is 5. The van der Waals surface area contributed by atoms with Gasteiger partial charge >= 0.3 is 4.87 Å². The molecule has 0 spiro atoms. The van der Waals surface area contributed by atoms with Gasteiger partial charge in [0.1, 0.15) is 7.16 Å². The highest BCUT2D eigenvalue weighted by Gasteiger charge is 2.13. The summed E-state index contributed by atoms with van der Waals surface area (Å²) in [6, 6.07) is 2.83. The van der Waals surface area contributed by atoms with Crippen LogP contribution in [0.25, 0.3) is 10.2 Å². The molecule has 1 aromatic carbocycles. The molecule has 0 saturated carbocycles. The number of nitrogens with two attached hydrogens (primary N) is 1. The van der Waals surface area contributed by atoms with E-state index in [2.05, 4.69) is 10.7 Å². The third-order valence-electron chi connectivity index (χ3n) is 2.09. The minimum Gasteiger partial charge on any atom is -0.508 e. The van der Waals surface area contributed by atoms with Gasteiger partial charge in [0.15, 0.2) is 0 Å². The third-order valence-corrected chi connectivity index (χ3v) is 3.03. The molecular weight excluding hydrogens is 216 g/mol. The summed E-state index contributed by atoms with van der Waals surface area (Å²) in [6.45, 7) is 0.0324. The number of aromatic hydroxyl groups is 1. The zero-order valence-electron chi connectivity index (χ0n) is 8.65. The SMILES string of the molecule is [3H]NCC(O)c1cc(O)cc2[nH]c(=O)sc12. The molecule has 0 aliphatic carbocycles. The van der Waals surface area contributed by atoms with Gasteiger partial charge in [0.05, 0.1) is 16.3 Å². The molecule has 0 bridgehead atoms. The minimum atomic E-state index is -0.932. The number of thiazole rings is 1. The van der Waals surface area contributed by atoms with Gasteiger partial charge in [-0.15, -0.1) is 0 Å². The Morgan fingerprint density at radius 2 is 2.47 bits per heavy atom. The summed E-state index contributed by atoms with van der Waals surface area (Å²) in [5.74, 6) is -0.0272. The molecule has 1 unspecified atom stereocenters.